The van der Waals surface area contributed by atoms with Crippen LogP contribution in [0.1, 0.15) is 50.8 Å². The largest absolute Gasteiger partial charge is 0.456 e. The number of carbonyl (C=O) groups is 2. The lowest BCUT2D eigenvalue weighted by Crippen LogP contribution is -2.51. The zero-order valence-electron chi connectivity index (χ0n) is 18.8. The van der Waals surface area contributed by atoms with Crippen LogP contribution in [0.4, 0.5) is 0 Å². The SMILES string of the molecule is CC1CC2(C[C@H]3CC[C@H](C2)N3C[C@H](O)c2cnc(-n3cnnn3)cn2)C(=O)N1C1=CC(=O)OC1. The summed E-state index contributed by atoms with van der Waals surface area (Å²) >= 11 is 0. The van der Waals surface area contributed by atoms with Gasteiger partial charge in [-0.15, -0.1) is 5.10 Å². The van der Waals surface area contributed by atoms with E-state index < -0.39 is 11.5 Å². The van der Waals surface area contributed by atoms with Gasteiger partial charge >= 0.3 is 5.97 Å². The highest BCUT2D eigenvalue weighted by Gasteiger charge is 2.58. The van der Waals surface area contributed by atoms with Crippen LogP contribution in [0.2, 0.25) is 0 Å². The van der Waals surface area contributed by atoms with E-state index in [4.69, 9.17) is 4.74 Å². The molecule has 2 aromatic rings. The van der Waals surface area contributed by atoms with Gasteiger partial charge in [0, 0.05) is 30.7 Å². The predicted octanol–water partition coefficient (Wildman–Crippen LogP) is 0.160. The highest BCUT2D eigenvalue weighted by Crippen LogP contribution is 2.53. The Balaban J connectivity index is 1.15. The number of aliphatic hydroxyl groups excluding tert-OH is 1. The standard InChI is InChI=1S/C22H26N8O4/c1-13-5-22(21(33)30(13)16-4-20(32)34-11-16)6-14-2-3-15(7-22)28(14)10-18(31)17-8-24-19(9-23-17)29-12-25-26-27-29/h4,8-9,12-15,18,31H,2-3,5-7,10-11H2,1H3/t13?,14-,15-,18+/m1/s1. The highest BCUT2D eigenvalue weighted by atomic mass is 16.5. The van der Waals surface area contributed by atoms with E-state index in [0.29, 0.717) is 23.8 Å². The Kier molecular flexibility index (Phi) is 4.96. The molecule has 0 aromatic carbocycles. The van der Waals surface area contributed by atoms with E-state index in [1.807, 2.05) is 6.92 Å². The van der Waals surface area contributed by atoms with Gasteiger partial charge < -0.3 is 14.7 Å². The minimum atomic E-state index is -0.783. The molecular formula is C22H26N8O4. The van der Waals surface area contributed by atoms with Crippen LogP contribution in [0, 0.1) is 5.41 Å². The Morgan fingerprint density at radius 3 is 2.59 bits per heavy atom. The lowest BCUT2D eigenvalue weighted by Gasteiger charge is -2.44. The Labute approximate surface area is 195 Å². The third-order valence-electron chi connectivity index (χ3n) is 7.75. The number of fused-ring (bicyclic) bond motifs is 2. The second kappa shape index (κ2) is 7.91. The molecule has 2 aromatic heterocycles. The average Bonchev–Trinajstić information content (AvgIpc) is 3.59. The zero-order valence-corrected chi connectivity index (χ0v) is 18.8. The minimum Gasteiger partial charge on any atom is -0.456 e. The molecule has 2 bridgehead atoms. The second-order valence-electron chi connectivity index (χ2n) is 9.81. The first-order valence-corrected chi connectivity index (χ1v) is 11.6. The van der Waals surface area contributed by atoms with Crippen molar-refractivity contribution in [2.45, 2.75) is 63.3 Å². The molecule has 3 fully saturated rings. The molecule has 1 spiro atoms. The van der Waals surface area contributed by atoms with Crippen LogP contribution in [-0.2, 0) is 14.3 Å². The molecule has 12 nitrogen and oxygen atoms in total. The lowest BCUT2D eigenvalue weighted by molar-refractivity contribution is -0.140. The molecular weight excluding hydrogens is 440 g/mol. The minimum absolute atomic E-state index is 0.0405. The summed E-state index contributed by atoms with van der Waals surface area (Å²) in [5, 5.41) is 21.9. The summed E-state index contributed by atoms with van der Waals surface area (Å²) in [4.78, 5) is 38.0. The number of hydrogen-bond acceptors (Lipinski definition) is 10. The summed E-state index contributed by atoms with van der Waals surface area (Å²) in [5.74, 6) is 0.212. The molecule has 34 heavy (non-hydrogen) atoms. The van der Waals surface area contributed by atoms with Crippen LogP contribution in [0.25, 0.3) is 5.82 Å². The van der Waals surface area contributed by atoms with Gasteiger partial charge in [-0.1, -0.05) is 0 Å². The molecule has 6 heterocycles. The number of likely N-dealkylation sites (tertiary alicyclic amines) is 1. The van der Waals surface area contributed by atoms with E-state index in [1.54, 1.807) is 11.1 Å². The van der Waals surface area contributed by atoms with Crippen LogP contribution in [-0.4, -0.2) is 88.2 Å². The van der Waals surface area contributed by atoms with Crippen LogP contribution in [0.5, 0.6) is 0 Å². The van der Waals surface area contributed by atoms with E-state index in [2.05, 4.69) is 30.4 Å². The van der Waals surface area contributed by atoms with Gasteiger partial charge in [-0.25, -0.2) is 9.78 Å². The van der Waals surface area contributed by atoms with Gasteiger partial charge in [0.05, 0.1) is 29.2 Å². The number of aromatic nitrogens is 6. The molecule has 178 valence electrons. The number of rotatable bonds is 5. The van der Waals surface area contributed by atoms with Crippen LogP contribution >= 0.6 is 0 Å². The molecule has 1 N–H and O–H groups in total. The van der Waals surface area contributed by atoms with Crippen LogP contribution < -0.4 is 0 Å². The third kappa shape index (κ3) is 3.40. The van der Waals surface area contributed by atoms with Crippen molar-refractivity contribution in [3.8, 4) is 5.82 Å². The molecule has 0 saturated carbocycles. The second-order valence-corrected chi connectivity index (χ2v) is 9.81. The number of tetrazole rings is 1. The molecule has 0 radical (unpaired) electrons. The summed E-state index contributed by atoms with van der Waals surface area (Å²) in [7, 11) is 0. The first-order valence-electron chi connectivity index (χ1n) is 11.6. The molecule has 1 amide bonds. The van der Waals surface area contributed by atoms with Gasteiger partial charge in [-0.3, -0.25) is 14.7 Å². The number of nitrogens with zero attached hydrogens (tertiary/aromatic N) is 8. The topological polar surface area (TPSA) is 139 Å². The van der Waals surface area contributed by atoms with Gasteiger partial charge in [0.2, 0.25) is 5.91 Å². The fourth-order valence-corrected chi connectivity index (χ4v) is 6.38. The summed E-state index contributed by atoms with van der Waals surface area (Å²) in [6, 6.07) is 0.501. The maximum absolute atomic E-state index is 13.6. The van der Waals surface area contributed by atoms with Gasteiger partial charge in [0.1, 0.15) is 19.0 Å². The van der Waals surface area contributed by atoms with Gasteiger partial charge in [0.15, 0.2) is 5.82 Å². The molecule has 12 heteroatoms. The molecule has 4 atom stereocenters. The van der Waals surface area contributed by atoms with Crippen molar-refractivity contribution in [1.29, 1.82) is 0 Å². The van der Waals surface area contributed by atoms with Crippen molar-refractivity contribution < 1.29 is 19.4 Å². The Morgan fingerprint density at radius 2 is 1.97 bits per heavy atom. The maximum atomic E-state index is 13.6. The van der Waals surface area contributed by atoms with Crippen molar-refractivity contribution in [3.63, 3.8) is 0 Å². The fraction of sp³-hybridized carbons (Fsp3) is 0.591. The summed E-state index contributed by atoms with van der Waals surface area (Å²) < 4.78 is 6.46. The Morgan fingerprint density at radius 1 is 1.18 bits per heavy atom. The molecule has 6 rings (SSSR count). The summed E-state index contributed by atoms with van der Waals surface area (Å²) in [5.41, 5.74) is 0.756. The van der Waals surface area contributed by atoms with E-state index in [0.717, 1.165) is 32.1 Å². The molecule has 4 aliphatic heterocycles. The van der Waals surface area contributed by atoms with Crippen LogP contribution in [0.15, 0.2) is 30.5 Å². The van der Waals surface area contributed by atoms with E-state index in [-0.39, 0.29) is 36.6 Å². The first kappa shape index (κ1) is 21.3. The van der Waals surface area contributed by atoms with Crippen molar-refractivity contribution in [2.24, 2.45) is 5.41 Å². The maximum Gasteiger partial charge on any atom is 0.333 e. The quantitative estimate of drug-likeness (QED) is 0.606. The van der Waals surface area contributed by atoms with Crippen LogP contribution in [0.3, 0.4) is 0 Å². The number of esters is 1. The monoisotopic (exact) mass is 466 g/mol. The number of amides is 1. The van der Waals surface area contributed by atoms with Crippen molar-refractivity contribution in [3.05, 3.63) is 36.2 Å². The predicted molar refractivity (Wildman–Crippen MR) is 115 cm³/mol. The number of cyclic esters (lactones) is 1. The number of piperidine rings is 1. The van der Waals surface area contributed by atoms with E-state index >= 15 is 0 Å². The van der Waals surface area contributed by atoms with Gasteiger partial charge in [-0.05, 0) is 49.5 Å². The van der Waals surface area contributed by atoms with Crippen molar-refractivity contribution in [2.75, 3.05) is 13.2 Å². The third-order valence-corrected chi connectivity index (χ3v) is 7.75. The van der Waals surface area contributed by atoms with Gasteiger partial charge in [0.25, 0.3) is 0 Å². The number of ether oxygens (including phenoxy) is 1. The summed E-state index contributed by atoms with van der Waals surface area (Å²) in [6.07, 6.45) is 9.51. The van der Waals surface area contributed by atoms with E-state index in [9.17, 15) is 14.7 Å². The lowest BCUT2D eigenvalue weighted by atomic mass is 9.72. The number of aliphatic hydroxyl groups is 1. The molecule has 3 saturated heterocycles. The number of carbonyl (C=O) groups excluding carboxylic acids is 2. The Hall–Kier alpha value is -3.25. The molecule has 1 unspecified atom stereocenters. The fourth-order valence-electron chi connectivity index (χ4n) is 6.38. The first-order chi connectivity index (χ1) is 16.4. The highest BCUT2D eigenvalue weighted by molar-refractivity contribution is 5.91. The smallest absolute Gasteiger partial charge is 0.333 e. The Bertz CT molecular complexity index is 1120. The number of hydrogen-bond donors (Lipinski definition) is 1. The van der Waals surface area contributed by atoms with Crippen molar-refractivity contribution in [1.82, 2.24) is 40.0 Å². The van der Waals surface area contributed by atoms with E-state index in [1.165, 1.54) is 23.3 Å². The molecule has 4 aliphatic rings. The zero-order chi connectivity index (χ0) is 23.4. The molecule has 0 aliphatic carbocycles. The normalized spacial score (nSPS) is 31.9. The summed E-state index contributed by atoms with van der Waals surface area (Å²) in [6.45, 7) is 2.67. The van der Waals surface area contributed by atoms with Gasteiger partial charge in [-0.2, -0.15) is 4.68 Å². The average molecular weight is 467 g/mol. The van der Waals surface area contributed by atoms with Crippen molar-refractivity contribution >= 4 is 11.9 Å².